The molecule has 0 bridgehead atoms. The largest absolute Gasteiger partial charge is 0.376 e. The molecule has 0 aliphatic rings. The van der Waals surface area contributed by atoms with Crippen LogP contribution in [-0.2, 0) is 0 Å². The highest BCUT2D eigenvalue weighted by atomic mass is 35.5. The molecule has 0 fully saturated rings. The Morgan fingerprint density at radius 3 is 1.38 bits per heavy atom. The summed E-state index contributed by atoms with van der Waals surface area (Å²) in [7, 11) is 3.39. The molecule has 0 aromatic heterocycles. The van der Waals surface area contributed by atoms with Gasteiger partial charge >= 0.3 is 0 Å². The van der Waals surface area contributed by atoms with Gasteiger partial charge in [0, 0.05) is 14.1 Å². The van der Waals surface area contributed by atoms with Crippen LogP contribution in [0.4, 0.5) is 0 Å². The molecule has 0 aliphatic heterocycles. The van der Waals surface area contributed by atoms with Gasteiger partial charge in [-0.1, -0.05) is 23.2 Å². The molecule has 0 unspecified atom stereocenters. The van der Waals surface area contributed by atoms with Crippen LogP contribution in [0.1, 0.15) is 0 Å². The molecular weight excluding hydrogens is 147 g/mol. The van der Waals surface area contributed by atoms with Crippen LogP contribution in [0.2, 0.25) is 0 Å². The van der Waals surface area contributed by atoms with Gasteiger partial charge in [-0.15, -0.1) is 0 Å². The maximum Gasteiger partial charge on any atom is 0.137 e. The van der Waals surface area contributed by atoms with E-state index >= 15 is 0 Å². The van der Waals surface area contributed by atoms with Crippen LogP contribution in [0.15, 0.2) is 10.3 Å². The van der Waals surface area contributed by atoms with Gasteiger partial charge in [-0.2, -0.15) is 0 Å². The second-order valence-electron chi connectivity index (χ2n) is 1.13. The third-order valence-corrected chi connectivity index (χ3v) is 1.48. The Morgan fingerprint density at radius 1 is 1.00 bits per heavy atom. The molecule has 2 N–H and O–H groups in total. The highest BCUT2D eigenvalue weighted by Gasteiger charge is 1.92. The average Bonchev–Trinajstić information content (AvgIpc) is 1.84. The molecule has 0 radical (unpaired) electrons. The van der Waals surface area contributed by atoms with Gasteiger partial charge in [-0.3, -0.25) is 0 Å². The molecule has 0 saturated heterocycles. The molecule has 8 heavy (non-hydrogen) atoms. The molecule has 48 valence electrons. The van der Waals surface area contributed by atoms with Crippen molar-refractivity contribution in [3.05, 3.63) is 10.3 Å². The normalized spacial score (nSPS) is 12.5. The predicted octanol–water partition coefficient (Wildman–Crippen LogP) is 1.03. The molecule has 2 nitrogen and oxygen atoms in total. The maximum atomic E-state index is 5.49. The minimum absolute atomic E-state index is 0.425. The van der Waals surface area contributed by atoms with Crippen molar-refractivity contribution in [3.8, 4) is 0 Å². The number of nitrogens with one attached hydrogen (secondary N) is 2. The molecule has 0 atom stereocenters. The fourth-order valence-electron chi connectivity index (χ4n) is 0.219. The number of halogens is 2. The van der Waals surface area contributed by atoms with Gasteiger partial charge in [0.15, 0.2) is 0 Å². The smallest absolute Gasteiger partial charge is 0.137 e. The van der Waals surface area contributed by atoms with Crippen LogP contribution in [0.5, 0.6) is 0 Å². The standard InChI is InChI=1S/C4H8Cl2N2/c1-7-3(5)4(6)8-2/h7-8H,1-2H3/b4-3-. The summed E-state index contributed by atoms with van der Waals surface area (Å²) in [6.45, 7) is 0. The zero-order chi connectivity index (χ0) is 6.57. The molecule has 0 amide bonds. The number of hydrogen-bond acceptors (Lipinski definition) is 2. The van der Waals surface area contributed by atoms with Gasteiger partial charge in [0.25, 0.3) is 0 Å². The van der Waals surface area contributed by atoms with E-state index in [9.17, 15) is 0 Å². The summed E-state index contributed by atoms with van der Waals surface area (Å²) in [5, 5.41) is 6.18. The minimum atomic E-state index is 0.425. The van der Waals surface area contributed by atoms with E-state index in [0.29, 0.717) is 10.3 Å². The molecule has 4 heteroatoms. The molecular formula is C4H8Cl2N2. The second kappa shape index (κ2) is 3.87. The Kier molecular flexibility index (Phi) is 3.83. The molecule has 0 heterocycles. The number of hydrogen-bond donors (Lipinski definition) is 2. The van der Waals surface area contributed by atoms with Crippen molar-refractivity contribution in [2.45, 2.75) is 0 Å². The Balaban J connectivity index is 3.83. The average molecular weight is 155 g/mol. The van der Waals surface area contributed by atoms with E-state index in [-0.39, 0.29) is 0 Å². The lowest BCUT2D eigenvalue weighted by Crippen LogP contribution is -2.09. The van der Waals surface area contributed by atoms with Crippen molar-refractivity contribution in [1.29, 1.82) is 0 Å². The lowest BCUT2D eigenvalue weighted by Gasteiger charge is -1.99. The van der Waals surface area contributed by atoms with Crippen molar-refractivity contribution in [2.24, 2.45) is 0 Å². The van der Waals surface area contributed by atoms with Crippen molar-refractivity contribution < 1.29 is 0 Å². The van der Waals surface area contributed by atoms with E-state index in [1.165, 1.54) is 0 Å². The predicted molar refractivity (Wildman–Crippen MR) is 36.9 cm³/mol. The fraction of sp³-hybridized carbons (Fsp3) is 0.500. The molecule has 0 rings (SSSR count). The highest BCUT2D eigenvalue weighted by Crippen LogP contribution is 2.04. The second-order valence-corrected chi connectivity index (χ2v) is 1.88. The number of rotatable bonds is 2. The quantitative estimate of drug-likeness (QED) is 0.582. The van der Waals surface area contributed by atoms with Gasteiger partial charge in [0.2, 0.25) is 0 Å². The third kappa shape index (κ3) is 2.28. The van der Waals surface area contributed by atoms with Crippen molar-refractivity contribution in [1.82, 2.24) is 10.6 Å². The first-order chi connectivity index (χ1) is 3.72. The molecule has 0 aromatic rings. The summed E-state index contributed by atoms with van der Waals surface area (Å²) >= 11 is 11.0. The van der Waals surface area contributed by atoms with Crippen LogP contribution in [0, 0.1) is 0 Å². The van der Waals surface area contributed by atoms with Gasteiger partial charge < -0.3 is 10.6 Å². The van der Waals surface area contributed by atoms with E-state index in [0.717, 1.165) is 0 Å². The topological polar surface area (TPSA) is 24.1 Å². The van der Waals surface area contributed by atoms with E-state index < -0.39 is 0 Å². The summed E-state index contributed by atoms with van der Waals surface area (Å²) in [5.41, 5.74) is 0. The lowest BCUT2D eigenvalue weighted by molar-refractivity contribution is 0.988. The summed E-state index contributed by atoms with van der Waals surface area (Å²) in [4.78, 5) is 0. The van der Waals surface area contributed by atoms with Gasteiger partial charge in [-0.25, -0.2) is 0 Å². The zero-order valence-corrected chi connectivity index (χ0v) is 6.27. The van der Waals surface area contributed by atoms with Crippen LogP contribution < -0.4 is 10.6 Å². The first kappa shape index (κ1) is 7.92. The van der Waals surface area contributed by atoms with Crippen molar-refractivity contribution in [2.75, 3.05) is 14.1 Å². The molecule has 0 aliphatic carbocycles. The summed E-state index contributed by atoms with van der Waals surface area (Å²) < 4.78 is 0. The van der Waals surface area contributed by atoms with E-state index in [1.54, 1.807) is 14.1 Å². The van der Waals surface area contributed by atoms with Crippen LogP contribution in [-0.4, -0.2) is 14.1 Å². The van der Waals surface area contributed by atoms with Crippen LogP contribution in [0.3, 0.4) is 0 Å². The highest BCUT2D eigenvalue weighted by molar-refractivity contribution is 6.38. The lowest BCUT2D eigenvalue weighted by atomic mass is 10.8. The summed E-state index contributed by atoms with van der Waals surface area (Å²) in [6.07, 6.45) is 0. The Morgan fingerprint density at radius 2 is 1.25 bits per heavy atom. The van der Waals surface area contributed by atoms with Gasteiger partial charge in [0.05, 0.1) is 0 Å². The zero-order valence-electron chi connectivity index (χ0n) is 4.76. The maximum absolute atomic E-state index is 5.49. The monoisotopic (exact) mass is 154 g/mol. The molecule has 0 spiro atoms. The Hall–Kier alpha value is -0.0800. The van der Waals surface area contributed by atoms with E-state index in [1.807, 2.05) is 0 Å². The third-order valence-electron chi connectivity index (χ3n) is 0.632. The molecule has 0 saturated carbocycles. The van der Waals surface area contributed by atoms with E-state index in [4.69, 9.17) is 23.2 Å². The van der Waals surface area contributed by atoms with E-state index in [2.05, 4.69) is 10.6 Å². The minimum Gasteiger partial charge on any atom is -0.376 e. The Bertz CT molecular complexity index is 88.2. The van der Waals surface area contributed by atoms with Crippen molar-refractivity contribution in [3.63, 3.8) is 0 Å². The SMILES string of the molecule is CN/C(Cl)=C(/Cl)NC. The first-order valence-corrected chi connectivity index (χ1v) is 2.88. The molecule has 0 aromatic carbocycles. The summed E-state index contributed by atoms with van der Waals surface area (Å²) in [5.74, 6) is 0. The summed E-state index contributed by atoms with van der Waals surface area (Å²) in [6, 6.07) is 0. The van der Waals surface area contributed by atoms with Crippen LogP contribution >= 0.6 is 23.2 Å². The van der Waals surface area contributed by atoms with Gasteiger partial charge in [0.1, 0.15) is 10.3 Å². The van der Waals surface area contributed by atoms with Crippen molar-refractivity contribution >= 4 is 23.2 Å². The first-order valence-electron chi connectivity index (χ1n) is 2.13. The fourth-order valence-corrected chi connectivity index (χ4v) is 0.408. The van der Waals surface area contributed by atoms with Crippen LogP contribution in [0.25, 0.3) is 0 Å². The Labute approximate surface area is 58.9 Å². The van der Waals surface area contributed by atoms with Gasteiger partial charge in [-0.05, 0) is 0 Å².